The molecule has 9 nitrogen and oxygen atoms in total. The number of aryl methyl sites for hydroxylation is 2. The number of likely N-dealkylation sites (tertiary alicyclic amines) is 1. The van der Waals surface area contributed by atoms with Gasteiger partial charge in [-0.1, -0.05) is 42.5 Å². The largest absolute Gasteiger partial charge is 0.505 e. The van der Waals surface area contributed by atoms with Crippen LogP contribution in [-0.4, -0.2) is 69.8 Å². The summed E-state index contributed by atoms with van der Waals surface area (Å²) < 4.78 is 13.9. The number of imidazole rings is 1. The van der Waals surface area contributed by atoms with Gasteiger partial charge in [0.1, 0.15) is 17.9 Å². The third-order valence-corrected chi connectivity index (χ3v) is 7.67. The fourth-order valence-electron chi connectivity index (χ4n) is 5.51. The summed E-state index contributed by atoms with van der Waals surface area (Å²) in [6, 6.07) is 18.3. The second-order valence-electron chi connectivity index (χ2n) is 11.0. The van der Waals surface area contributed by atoms with E-state index in [1.807, 2.05) is 98.9 Å². The molecule has 2 aromatic heterocycles. The zero-order chi connectivity index (χ0) is 30.7. The lowest BCUT2D eigenvalue weighted by atomic mass is 9.96. The summed E-state index contributed by atoms with van der Waals surface area (Å²) in [7, 11) is 3.92. The number of aliphatic hydroxyl groups excluding tert-OH is 1. The van der Waals surface area contributed by atoms with Gasteiger partial charge in [-0.15, -0.1) is 0 Å². The van der Waals surface area contributed by atoms with Gasteiger partial charge in [-0.05, 0) is 82.7 Å². The summed E-state index contributed by atoms with van der Waals surface area (Å²) in [6.45, 7) is 7.48. The van der Waals surface area contributed by atoms with Crippen molar-refractivity contribution in [1.82, 2.24) is 19.2 Å². The van der Waals surface area contributed by atoms with Gasteiger partial charge in [0.05, 0.1) is 23.9 Å². The van der Waals surface area contributed by atoms with Crippen molar-refractivity contribution in [3.05, 3.63) is 101 Å². The van der Waals surface area contributed by atoms with Gasteiger partial charge in [-0.3, -0.25) is 9.59 Å². The zero-order valence-corrected chi connectivity index (χ0v) is 25.3. The molecule has 1 atom stereocenters. The van der Waals surface area contributed by atoms with Crippen LogP contribution in [0.15, 0.2) is 72.4 Å². The quantitative estimate of drug-likeness (QED) is 0.146. The molecular formula is C34H38N4O5. The number of nitrogens with zero attached hydrogens (tertiary/aromatic N) is 4. The predicted molar refractivity (Wildman–Crippen MR) is 165 cm³/mol. The Labute approximate surface area is 252 Å². The molecule has 1 fully saturated rings. The maximum atomic E-state index is 13.6. The van der Waals surface area contributed by atoms with Crippen LogP contribution in [0, 0.1) is 13.8 Å². The zero-order valence-electron chi connectivity index (χ0n) is 25.3. The normalized spacial score (nSPS) is 16.4. The molecule has 1 unspecified atom stereocenters. The minimum Gasteiger partial charge on any atom is -0.505 e. The third kappa shape index (κ3) is 5.99. The number of amides is 1. The van der Waals surface area contributed by atoms with Gasteiger partial charge in [-0.2, -0.15) is 0 Å². The Kier molecular flexibility index (Phi) is 8.82. The van der Waals surface area contributed by atoms with E-state index in [0.29, 0.717) is 54.6 Å². The summed E-state index contributed by atoms with van der Waals surface area (Å²) in [4.78, 5) is 35.4. The Balaban J connectivity index is 1.60. The molecule has 3 heterocycles. The molecule has 1 aliphatic heterocycles. The molecule has 0 saturated carbocycles. The van der Waals surface area contributed by atoms with Crippen molar-refractivity contribution < 1.29 is 24.2 Å². The smallest absolute Gasteiger partial charge is 0.295 e. The molecule has 224 valence electrons. The van der Waals surface area contributed by atoms with Crippen molar-refractivity contribution in [3.8, 4) is 11.5 Å². The van der Waals surface area contributed by atoms with Crippen molar-refractivity contribution in [3.63, 3.8) is 0 Å². The maximum absolute atomic E-state index is 13.6. The molecule has 2 aromatic carbocycles. The summed E-state index contributed by atoms with van der Waals surface area (Å²) in [5.41, 5.74) is 4.22. The van der Waals surface area contributed by atoms with E-state index in [4.69, 9.17) is 14.5 Å². The second kappa shape index (κ2) is 12.7. The number of aliphatic hydroxyl groups is 1. The summed E-state index contributed by atoms with van der Waals surface area (Å²) in [5.74, 6) is -0.630. The topological polar surface area (TPSA) is 96.6 Å². The van der Waals surface area contributed by atoms with Crippen LogP contribution in [0.5, 0.6) is 11.5 Å². The van der Waals surface area contributed by atoms with E-state index < -0.39 is 17.7 Å². The van der Waals surface area contributed by atoms with Crippen LogP contribution in [0.3, 0.4) is 0 Å². The average molecular weight is 583 g/mol. The first-order chi connectivity index (χ1) is 20.7. The molecule has 1 saturated heterocycles. The van der Waals surface area contributed by atoms with Crippen molar-refractivity contribution in [2.75, 3.05) is 33.8 Å². The van der Waals surface area contributed by atoms with Gasteiger partial charge in [0.25, 0.3) is 11.7 Å². The predicted octanol–water partition coefficient (Wildman–Crippen LogP) is 5.30. The molecule has 1 N–H and O–H groups in total. The third-order valence-electron chi connectivity index (χ3n) is 7.67. The minimum absolute atomic E-state index is 0.0133. The van der Waals surface area contributed by atoms with E-state index in [1.165, 1.54) is 0 Å². The molecule has 4 aromatic rings. The average Bonchev–Trinajstić information content (AvgIpc) is 3.46. The molecule has 0 spiro atoms. The first kappa shape index (κ1) is 29.8. The van der Waals surface area contributed by atoms with Crippen LogP contribution in [-0.2, 0) is 16.2 Å². The van der Waals surface area contributed by atoms with Crippen LogP contribution in [0.1, 0.15) is 47.5 Å². The molecule has 0 bridgehead atoms. The van der Waals surface area contributed by atoms with Crippen LogP contribution in [0.2, 0.25) is 0 Å². The highest BCUT2D eigenvalue weighted by Crippen LogP contribution is 2.42. The molecule has 5 rings (SSSR count). The fraction of sp³-hybridized carbons (Fsp3) is 0.324. The number of ether oxygens (including phenoxy) is 2. The summed E-state index contributed by atoms with van der Waals surface area (Å²) in [6.07, 6.45) is 2.51. The highest BCUT2D eigenvalue weighted by Gasteiger charge is 2.46. The lowest BCUT2D eigenvalue weighted by molar-refractivity contribution is -0.139. The van der Waals surface area contributed by atoms with E-state index in [2.05, 4.69) is 0 Å². The fourth-order valence-corrected chi connectivity index (χ4v) is 5.51. The lowest BCUT2D eigenvalue weighted by Crippen LogP contribution is -2.32. The van der Waals surface area contributed by atoms with Crippen LogP contribution in [0.4, 0.5) is 0 Å². The van der Waals surface area contributed by atoms with Crippen LogP contribution >= 0.6 is 0 Å². The first-order valence-corrected chi connectivity index (χ1v) is 14.5. The standard InChI is InChI=1S/C34H38N4O5/c1-6-42-27-20-25(15-16-26(27)43-21-24-13-8-7-9-14-24)30-28(32(40)34(41)38(30)19-11-17-36(4)5)31(39)29-23(3)37-18-10-12-22(2)33(37)35-29/h7-10,12-16,18,20,30,39H,6,11,17,19,21H2,1-5H3. The second-order valence-corrected chi connectivity index (χ2v) is 11.0. The van der Waals surface area contributed by atoms with Crippen molar-refractivity contribution in [2.24, 2.45) is 0 Å². The van der Waals surface area contributed by atoms with Gasteiger partial charge >= 0.3 is 0 Å². The molecule has 0 aliphatic carbocycles. The maximum Gasteiger partial charge on any atom is 0.295 e. The number of rotatable bonds is 11. The number of carbonyl (C=O) groups is 2. The monoisotopic (exact) mass is 582 g/mol. The number of pyridine rings is 1. The van der Waals surface area contributed by atoms with E-state index in [1.54, 1.807) is 17.0 Å². The number of carbonyl (C=O) groups excluding carboxylic acids is 2. The highest BCUT2D eigenvalue weighted by molar-refractivity contribution is 6.46. The number of ketones is 1. The van der Waals surface area contributed by atoms with E-state index in [-0.39, 0.29) is 17.0 Å². The van der Waals surface area contributed by atoms with Gasteiger partial charge in [0.2, 0.25) is 0 Å². The SMILES string of the molecule is CCOc1cc(C2C(=C(O)c3nc4c(C)cccn4c3C)C(=O)C(=O)N2CCCN(C)C)ccc1OCc1ccccc1. The number of hydrogen-bond acceptors (Lipinski definition) is 7. The van der Waals surface area contributed by atoms with Gasteiger partial charge in [0, 0.05) is 12.7 Å². The highest BCUT2D eigenvalue weighted by atomic mass is 16.5. The molecule has 43 heavy (non-hydrogen) atoms. The number of hydrogen-bond donors (Lipinski definition) is 1. The molecule has 9 heteroatoms. The van der Waals surface area contributed by atoms with Crippen molar-refractivity contribution in [1.29, 1.82) is 0 Å². The number of fused-ring (bicyclic) bond motifs is 1. The first-order valence-electron chi connectivity index (χ1n) is 14.5. The summed E-state index contributed by atoms with van der Waals surface area (Å²) >= 11 is 0. The number of aromatic nitrogens is 2. The Hall–Kier alpha value is -4.63. The van der Waals surface area contributed by atoms with E-state index in [9.17, 15) is 14.7 Å². The van der Waals surface area contributed by atoms with E-state index in [0.717, 1.165) is 17.7 Å². The molecule has 1 amide bonds. The summed E-state index contributed by atoms with van der Waals surface area (Å²) in [5, 5.41) is 11.7. The Bertz CT molecular complexity index is 1680. The Morgan fingerprint density at radius 1 is 1.00 bits per heavy atom. The van der Waals surface area contributed by atoms with Crippen LogP contribution < -0.4 is 9.47 Å². The number of benzene rings is 2. The van der Waals surface area contributed by atoms with Gasteiger partial charge in [-0.25, -0.2) is 4.98 Å². The van der Waals surface area contributed by atoms with Gasteiger partial charge < -0.3 is 28.8 Å². The van der Waals surface area contributed by atoms with Gasteiger partial charge in [0.15, 0.2) is 17.3 Å². The Morgan fingerprint density at radius 2 is 1.77 bits per heavy atom. The van der Waals surface area contributed by atoms with Crippen molar-refractivity contribution >= 4 is 23.1 Å². The Morgan fingerprint density at radius 3 is 2.47 bits per heavy atom. The minimum atomic E-state index is -0.824. The van der Waals surface area contributed by atoms with Crippen LogP contribution in [0.25, 0.3) is 11.4 Å². The van der Waals surface area contributed by atoms with E-state index >= 15 is 0 Å². The molecule has 0 radical (unpaired) electrons. The molecular weight excluding hydrogens is 544 g/mol. The lowest BCUT2D eigenvalue weighted by Gasteiger charge is -2.26. The van der Waals surface area contributed by atoms with Crippen molar-refractivity contribution in [2.45, 2.75) is 39.8 Å². The number of Topliss-reactive ketones (excluding diaryl/α,β-unsaturated/α-hetero) is 1. The molecule has 1 aliphatic rings.